The first-order valence-corrected chi connectivity index (χ1v) is 9.38. The highest BCUT2D eigenvalue weighted by atomic mass is 35.5. The molecular weight excluding hydrogens is 449 g/mol. The zero-order valence-electron chi connectivity index (χ0n) is 16.6. The van der Waals surface area contributed by atoms with Gasteiger partial charge in [-0.1, -0.05) is 11.6 Å². The van der Waals surface area contributed by atoms with Crippen LogP contribution < -0.4 is 15.8 Å². The molecule has 2 unspecified atom stereocenters. The third-order valence-electron chi connectivity index (χ3n) is 5.03. The number of anilines is 1. The van der Waals surface area contributed by atoms with Gasteiger partial charge in [-0.2, -0.15) is 10.4 Å². The molecule has 3 N–H and O–H groups in total. The maximum atomic E-state index is 9.59. The Bertz CT molecular complexity index is 1130. The first-order valence-electron chi connectivity index (χ1n) is 9.00. The Morgan fingerprint density at radius 2 is 2.13 bits per heavy atom. The minimum Gasteiger partial charge on any atom is -0.489 e. The molecular formula is C19H22Cl3N7O. The van der Waals surface area contributed by atoms with Gasteiger partial charge in [0.05, 0.1) is 27.7 Å². The molecule has 1 aliphatic rings. The molecule has 0 fully saturated rings. The fourth-order valence-corrected chi connectivity index (χ4v) is 3.93. The second-order valence-corrected chi connectivity index (χ2v) is 7.37. The van der Waals surface area contributed by atoms with Crippen LogP contribution in [0.15, 0.2) is 12.4 Å². The van der Waals surface area contributed by atoms with Crippen molar-refractivity contribution in [2.24, 2.45) is 0 Å². The molecule has 2 aromatic heterocycles. The number of ether oxygens (including phenoxy) is 1. The number of benzene rings is 1. The van der Waals surface area contributed by atoms with Crippen molar-refractivity contribution in [3.8, 4) is 11.8 Å². The number of hydrogen-bond donors (Lipinski definition) is 2. The van der Waals surface area contributed by atoms with Crippen molar-refractivity contribution in [2.75, 3.05) is 12.3 Å². The molecule has 0 bridgehead atoms. The summed E-state index contributed by atoms with van der Waals surface area (Å²) in [4.78, 5) is 8.45. The van der Waals surface area contributed by atoms with Crippen LogP contribution in [0.3, 0.4) is 0 Å². The maximum Gasteiger partial charge on any atom is 0.164 e. The number of aryl methyl sites for hydroxylation is 1. The summed E-state index contributed by atoms with van der Waals surface area (Å²) < 4.78 is 8.00. The van der Waals surface area contributed by atoms with Crippen LogP contribution in [0.25, 0.3) is 11.0 Å². The van der Waals surface area contributed by atoms with Gasteiger partial charge in [-0.15, -0.1) is 24.8 Å². The minimum atomic E-state index is -0.241. The number of rotatable bonds is 2. The summed E-state index contributed by atoms with van der Waals surface area (Å²) in [5.41, 5.74) is 9.47. The monoisotopic (exact) mass is 469 g/mol. The predicted molar refractivity (Wildman–Crippen MR) is 121 cm³/mol. The topological polar surface area (TPSA) is 115 Å². The van der Waals surface area contributed by atoms with Crippen molar-refractivity contribution in [1.29, 1.82) is 5.26 Å². The standard InChI is InChI=1S/C19H20ClN7O.2ClH/c1-9-6-23-7-14-13(5-21)15(20)4-12(17(14)28-9)11(3)27-19-16(10(2)26-27)18(22)24-8-25-19;;/h4,8-9,11,23H,6-7H2,1-3H3,(H2,22,24,25);2*1H. The number of aromatic nitrogens is 4. The molecule has 8 nitrogen and oxygen atoms in total. The zero-order chi connectivity index (χ0) is 20.0. The Morgan fingerprint density at radius 1 is 1.40 bits per heavy atom. The van der Waals surface area contributed by atoms with E-state index in [1.807, 2.05) is 20.8 Å². The highest BCUT2D eigenvalue weighted by molar-refractivity contribution is 6.32. The lowest BCUT2D eigenvalue weighted by molar-refractivity contribution is 0.222. The molecule has 0 saturated carbocycles. The Balaban J connectivity index is 0.00000160. The quantitative estimate of drug-likeness (QED) is 0.588. The smallest absolute Gasteiger partial charge is 0.164 e. The maximum absolute atomic E-state index is 9.59. The Kier molecular flexibility index (Phi) is 7.37. The van der Waals surface area contributed by atoms with E-state index in [1.54, 1.807) is 10.7 Å². The van der Waals surface area contributed by atoms with Crippen molar-refractivity contribution >= 4 is 53.3 Å². The molecule has 0 radical (unpaired) electrons. The first kappa shape index (κ1) is 24.0. The summed E-state index contributed by atoms with van der Waals surface area (Å²) in [6.45, 7) is 7.04. The summed E-state index contributed by atoms with van der Waals surface area (Å²) in [5.74, 6) is 1.07. The van der Waals surface area contributed by atoms with Crippen molar-refractivity contribution in [2.45, 2.75) is 39.5 Å². The molecule has 3 heterocycles. The number of hydrogen-bond acceptors (Lipinski definition) is 7. The summed E-state index contributed by atoms with van der Waals surface area (Å²) in [5, 5.41) is 18.7. The van der Waals surface area contributed by atoms with E-state index in [9.17, 15) is 5.26 Å². The van der Waals surface area contributed by atoms with Crippen LogP contribution in [0.4, 0.5) is 5.82 Å². The third-order valence-corrected chi connectivity index (χ3v) is 5.33. The van der Waals surface area contributed by atoms with E-state index >= 15 is 0 Å². The molecule has 0 spiro atoms. The Morgan fingerprint density at radius 3 is 2.83 bits per heavy atom. The van der Waals surface area contributed by atoms with E-state index in [0.717, 1.165) is 22.2 Å². The van der Waals surface area contributed by atoms with Crippen molar-refractivity contribution in [3.05, 3.63) is 39.8 Å². The van der Waals surface area contributed by atoms with Crippen molar-refractivity contribution in [3.63, 3.8) is 0 Å². The number of nitrogen functional groups attached to an aromatic ring is 1. The number of fused-ring (bicyclic) bond motifs is 2. The van der Waals surface area contributed by atoms with Gasteiger partial charge in [-0.3, -0.25) is 0 Å². The SMILES string of the molecule is Cc1nn(C(C)c2cc(Cl)c(C#N)c3c2OC(C)CNC3)c2ncnc(N)c12.Cl.Cl. The van der Waals surface area contributed by atoms with E-state index < -0.39 is 0 Å². The van der Waals surface area contributed by atoms with Crippen LogP contribution in [0.2, 0.25) is 5.02 Å². The summed E-state index contributed by atoms with van der Waals surface area (Å²) in [7, 11) is 0. The molecule has 3 aromatic rings. The molecule has 0 aliphatic carbocycles. The molecule has 30 heavy (non-hydrogen) atoms. The average molecular weight is 471 g/mol. The van der Waals surface area contributed by atoms with Crippen LogP contribution in [-0.4, -0.2) is 32.4 Å². The largest absolute Gasteiger partial charge is 0.489 e. The Hall–Kier alpha value is -2.31. The highest BCUT2D eigenvalue weighted by Crippen LogP contribution is 2.39. The number of nitrogens with zero attached hydrogens (tertiary/aromatic N) is 5. The number of nitrogens with two attached hydrogens (primary N) is 1. The van der Waals surface area contributed by atoms with Gasteiger partial charge in [-0.05, 0) is 26.8 Å². The lowest BCUT2D eigenvalue weighted by Gasteiger charge is -2.22. The van der Waals surface area contributed by atoms with Crippen LogP contribution >= 0.6 is 36.4 Å². The summed E-state index contributed by atoms with van der Waals surface area (Å²) >= 11 is 6.46. The molecule has 1 aromatic carbocycles. The van der Waals surface area contributed by atoms with Gasteiger partial charge in [0.1, 0.15) is 30.1 Å². The number of nitriles is 1. The first-order chi connectivity index (χ1) is 13.4. The normalized spacial score (nSPS) is 16.3. The van der Waals surface area contributed by atoms with E-state index in [4.69, 9.17) is 22.1 Å². The van der Waals surface area contributed by atoms with Gasteiger partial charge < -0.3 is 15.8 Å². The fraction of sp³-hybridized carbons (Fsp3) is 0.368. The van der Waals surface area contributed by atoms with Crippen LogP contribution in [0.1, 0.15) is 42.3 Å². The van der Waals surface area contributed by atoms with E-state index in [-0.39, 0.29) is 37.0 Å². The molecule has 0 saturated heterocycles. The average Bonchev–Trinajstić information content (AvgIpc) is 2.88. The molecule has 0 amide bonds. The second kappa shape index (κ2) is 9.23. The van der Waals surface area contributed by atoms with E-state index in [1.165, 1.54) is 6.33 Å². The highest BCUT2D eigenvalue weighted by Gasteiger charge is 2.27. The van der Waals surface area contributed by atoms with Crippen LogP contribution in [0, 0.1) is 18.3 Å². The van der Waals surface area contributed by atoms with Crippen LogP contribution in [-0.2, 0) is 6.54 Å². The van der Waals surface area contributed by atoms with Gasteiger partial charge in [0.25, 0.3) is 0 Å². The predicted octanol–water partition coefficient (Wildman–Crippen LogP) is 3.57. The fourth-order valence-electron chi connectivity index (χ4n) is 3.66. The molecule has 1 aliphatic heterocycles. The van der Waals surface area contributed by atoms with Gasteiger partial charge in [0.15, 0.2) is 5.65 Å². The lowest BCUT2D eigenvalue weighted by atomic mass is 9.98. The molecule has 160 valence electrons. The van der Waals surface area contributed by atoms with Gasteiger partial charge >= 0.3 is 0 Å². The molecule has 2 atom stereocenters. The zero-order valence-corrected chi connectivity index (χ0v) is 19.0. The molecule has 4 rings (SSSR count). The van der Waals surface area contributed by atoms with Gasteiger partial charge in [-0.25, -0.2) is 14.6 Å². The van der Waals surface area contributed by atoms with Crippen LogP contribution in [0.5, 0.6) is 5.75 Å². The minimum absolute atomic E-state index is 0. The number of nitrogens with one attached hydrogen (secondary N) is 1. The van der Waals surface area contributed by atoms with Crippen molar-refractivity contribution in [1.82, 2.24) is 25.1 Å². The second-order valence-electron chi connectivity index (χ2n) is 6.96. The Labute approximate surface area is 191 Å². The van der Waals surface area contributed by atoms with E-state index in [0.29, 0.717) is 40.9 Å². The lowest BCUT2D eigenvalue weighted by Crippen LogP contribution is -2.25. The van der Waals surface area contributed by atoms with Gasteiger partial charge in [0.2, 0.25) is 0 Å². The van der Waals surface area contributed by atoms with Gasteiger partial charge in [0, 0.05) is 24.2 Å². The summed E-state index contributed by atoms with van der Waals surface area (Å²) in [6.07, 6.45) is 1.38. The third kappa shape index (κ3) is 3.86. The van der Waals surface area contributed by atoms with E-state index in [2.05, 4.69) is 26.5 Å². The summed E-state index contributed by atoms with van der Waals surface area (Å²) in [6, 6.07) is 3.75. The molecule has 11 heteroatoms. The van der Waals surface area contributed by atoms with Crippen molar-refractivity contribution < 1.29 is 4.74 Å². The number of halogens is 3.